The first-order valence-corrected chi connectivity index (χ1v) is 9.56. The van der Waals surface area contributed by atoms with Crippen LogP contribution in [0.4, 0.5) is 11.8 Å². The van der Waals surface area contributed by atoms with Gasteiger partial charge < -0.3 is 15.0 Å². The number of anilines is 2. The molecule has 0 saturated carbocycles. The van der Waals surface area contributed by atoms with Crippen molar-refractivity contribution in [1.82, 2.24) is 9.97 Å². The van der Waals surface area contributed by atoms with Crippen molar-refractivity contribution in [2.24, 2.45) is 5.92 Å². The standard InChI is InChI=1S/C19H22Cl2N4O2/c1-11(2)16-10-27-18(9-26)25(16)17-6-7-22-19(24-17)23-12(3)13-4-5-14(20)15(21)8-13/h4-9,11-12,16,18H,10H2,1-3H3,(H,22,23,24)/t12-,16+,18?/m0/s1. The summed E-state index contributed by atoms with van der Waals surface area (Å²) in [5, 5.41) is 4.28. The molecule has 0 bridgehead atoms. The molecule has 0 aliphatic carbocycles. The number of nitrogens with zero attached hydrogens (tertiary/aromatic N) is 3. The Morgan fingerprint density at radius 3 is 2.70 bits per heavy atom. The van der Waals surface area contributed by atoms with E-state index in [-0.39, 0.29) is 12.1 Å². The van der Waals surface area contributed by atoms with Gasteiger partial charge in [-0.1, -0.05) is 43.1 Å². The molecule has 1 aromatic heterocycles. The molecular formula is C19H22Cl2N4O2. The van der Waals surface area contributed by atoms with Crippen molar-refractivity contribution in [3.8, 4) is 0 Å². The Labute approximate surface area is 168 Å². The lowest BCUT2D eigenvalue weighted by Gasteiger charge is -2.29. The van der Waals surface area contributed by atoms with Crippen LogP contribution in [0.15, 0.2) is 30.5 Å². The predicted molar refractivity (Wildman–Crippen MR) is 107 cm³/mol. The van der Waals surface area contributed by atoms with Gasteiger partial charge in [0.25, 0.3) is 0 Å². The quantitative estimate of drug-likeness (QED) is 0.716. The van der Waals surface area contributed by atoms with Crippen LogP contribution in [0.5, 0.6) is 0 Å². The minimum Gasteiger partial charge on any atom is -0.349 e. The van der Waals surface area contributed by atoms with Crippen molar-refractivity contribution in [3.63, 3.8) is 0 Å². The fourth-order valence-electron chi connectivity index (χ4n) is 3.09. The molecule has 1 saturated heterocycles. The minimum atomic E-state index is -0.632. The van der Waals surface area contributed by atoms with Crippen molar-refractivity contribution in [2.45, 2.75) is 39.1 Å². The summed E-state index contributed by atoms with van der Waals surface area (Å²) in [4.78, 5) is 22.2. The molecule has 8 heteroatoms. The Kier molecular flexibility index (Phi) is 6.19. The van der Waals surface area contributed by atoms with E-state index in [1.165, 1.54) is 0 Å². The van der Waals surface area contributed by atoms with Crippen LogP contribution in [0.3, 0.4) is 0 Å². The fraction of sp³-hybridized carbons (Fsp3) is 0.421. The zero-order valence-corrected chi connectivity index (χ0v) is 16.9. The predicted octanol–water partition coefficient (Wildman–Crippen LogP) is 4.34. The van der Waals surface area contributed by atoms with E-state index in [9.17, 15) is 4.79 Å². The molecule has 0 spiro atoms. The van der Waals surface area contributed by atoms with Crippen LogP contribution < -0.4 is 10.2 Å². The number of carbonyl (C=O) groups excluding carboxylic acids is 1. The van der Waals surface area contributed by atoms with Crippen molar-refractivity contribution in [2.75, 3.05) is 16.8 Å². The molecule has 144 valence electrons. The van der Waals surface area contributed by atoms with Gasteiger partial charge in [0.15, 0.2) is 12.5 Å². The Hall–Kier alpha value is -1.89. The monoisotopic (exact) mass is 408 g/mol. The molecule has 0 amide bonds. The maximum Gasteiger partial charge on any atom is 0.225 e. The Bertz CT molecular complexity index is 818. The summed E-state index contributed by atoms with van der Waals surface area (Å²) in [6, 6.07) is 7.27. The first-order valence-electron chi connectivity index (χ1n) is 8.80. The Morgan fingerprint density at radius 2 is 2.04 bits per heavy atom. The maximum absolute atomic E-state index is 11.4. The number of ether oxygens (including phenoxy) is 1. The highest BCUT2D eigenvalue weighted by atomic mass is 35.5. The van der Waals surface area contributed by atoms with Gasteiger partial charge in [-0.15, -0.1) is 0 Å². The Morgan fingerprint density at radius 1 is 1.26 bits per heavy atom. The SMILES string of the molecule is CC(C)[C@H]1COC(C=O)N1c1ccnc(N[C@@H](C)c2ccc(Cl)c(Cl)c2)n1. The van der Waals surface area contributed by atoms with Gasteiger partial charge in [0.05, 0.1) is 28.7 Å². The third-order valence-electron chi connectivity index (χ3n) is 4.65. The van der Waals surface area contributed by atoms with Crippen LogP contribution in [0.2, 0.25) is 10.0 Å². The molecule has 2 aromatic rings. The van der Waals surface area contributed by atoms with Gasteiger partial charge >= 0.3 is 0 Å². The van der Waals surface area contributed by atoms with Crippen molar-refractivity contribution >= 4 is 41.3 Å². The van der Waals surface area contributed by atoms with E-state index in [1.54, 1.807) is 18.3 Å². The second kappa shape index (κ2) is 8.42. The first-order chi connectivity index (χ1) is 12.9. The van der Waals surface area contributed by atoms with E-state index in [4.69, 9.17) is 27.9 Å². The number of aromatic nitrogens is 2. The summed E-state index contributed by atoms with van der Waals surface area (Å²) < 4.78 is 5.61. The van der Waals surface area contributed by atoms with Crippen molar-refractivity contribution < 1.29 is 9.53 Å². The highest BCUT2D eigenvalue weighted by molar-refractivity contribution is 6.42. The van der Waals surface area contributed by atoms with E-state index in [0.717, 1.165) is 11.8 Å². The van der Waals surface area contributed by atoms with Crippen LogP contribution >= 0.6 is 23.2 Å². The number of hydrogen-bond acceptors (Lipinski definition) is 6. The topological polar surface area (TPSA) is 67.3 Å². The Balaban J connectivity index is 1.82. The largest absolute Gasteiger partial charge is 0.349 e. The van der Waals surface area contributed by atoms with Gasteiger partial charge in [0, 0.05) is 6.20 Å². The smallest absolute Gasteiger partial charge is 0.225 e. The number of hydrogen-bond donors (Lipinski definition) is 1. The van der Waals surface area contributed by atoms with Crippen LogP contribution in [0, 0.1) is 5.92 Å². The molecule has 3 rings (SSSR count). The van der Waals surface area contributed by atoms with Gasteiger partial charge in [-0.3, -0.25) is 4.79 Å². The lowest BCUT2D eigenvalue weighted by Crippen LogP contribution is -2.41. The van der Waals surface area contributed by atoms with Crippen LogP contribution in [0.25, 0.3) is 0 Å². The average molecular weight is 409 g/mol. The molecule has 1 aromatic carbocycles. The molecule has 1 N–H and O–H groups in total. The summed E-state index contributed by atoms with van der Waals surface area (Å²) >= 11 is 12.1. The lowest BCUT2D eigenvalue weighted by atomic mass is 10.0. The summed E-state index contributed by atoms with van der Waals surface area (Å²) in [6.45, 7) is 6.68. The van der Waals surface area contributed by atoms with E-state index in [1.807, 2.05) is 24.0 Å². The molecule has 1 aliphatic rings. The summed E-state index contributed by atoms with van der Waals surface area (Å²) in [5.41, 5.74) is 0.966. The number of halogens is 2. The van der Waals surface area contributed by atoms with E-state index in [0.29, 0.717) is 34.3 Å². The number of nitrogens with one attached hydrogen (secondary N) is 1. The normalized spacial score (nSPS) is 20.7. The molecule has 1 aliphatic heterocycles. The second-order valence-electron chi connectivity index (χ2n) is 6.86. The van der Waals surface area contributed by atoms with Gasteiger partial charge in [-0.25, -0.2) is 4.98 Å². The van der Waals surface area contributed by atoms with E-state index in [2.05, 4.69) is 29.1 Å². The summed E-state index contributed by atoms with van der Waals surface area (Å²) in [7, 11) is 0. The average Bonchev–Trinajstić information content (AvgIpc) is 3.08. The van der Waals surface area contributed by atoms with Crippen molar-refractivity contribution in [1.29, 1.82) is 0 Å². The van der Waals surface area contributed by atoms with Gasteiger partial charge in [0.1, 0.15) is 5.82 Å². The zero-order valence-electron chi connectivity index (χ0n) is 15.4. The van der Waals surface area contributed by atoms with Crippen LogP contribution in [0.1, 0.15) is 32.4 Å². The van der Waals surface area contributed by atoms with E-state index < -0.39 is 6.23 Å². The minimum absolute atomic E-state index is 0.0763. The number of carbonyl (C=O) groups is 1. The highest BCUT2D eigenvalue weighted by Gasteiger charge is 2.37. The first kappa shape index (κ1) is 19.9. The molecule has 0 radical (unpaired) electrons. The van der Waals surface area contributed by atoms with Crippen LogP contribution in [-0.4, -0.2) is 35.1 Å². The molecule has 2 heterocycles. The molecule has 3 atom stereocenters. The van der Waals surface area contributed by atoms with Crippen LogP contribution in [-0.2, 0) is 9.53 Å². The third kappa shape index (κ3) is 4.34. The third-order valence-corrected chi connectivity index (χ3v) is 5.39. The van der Waals surface area contributed by atoms with E-state index >= 15 is 0 Å². The van der Waals surface area contributed by atoms with Gasteiger partial charge in [-0.2, -0.15) is 4.98 Å². The summed E-state index contributed by atoms with van der Waals surface area (Å²) in [6.07, 6.45) is 1.84. The second-order valence-corrected chi connectivity index (χ2v) is 7.67. The molecule has 27 heavy (non-hydrogen) atoms. The molecule has 6 nitrogen and oxygen atoms in total. The highest BCUT2D eigenvalue weighted by Crippen LogP contribution is 2.29. The lowest BCUT2D eigenvalue weighted by molar-refractivity contribution is -0.115. The van der Waals surface area contributed by atoms with Crippen molar-refractivity contribution in [3.05, 3.63) is 46.1 Å². The molecule has 1 fully saturated rings. The number of benzene rings is 1. The number of rotatable bonds is 6. The zero-order chi connectivity index (χ0) is 19.6. The molecule has 1 unspecified atom stereocenters. The summed E-state index contributed by atoms with van der Waals surface area (Å²) in [5.74, 6) is 1.43. The van der Waals surface area contributed by atoms with Gasteiger partial charge in [-0.05, 0) is 36.6 Å². The fourth-order valence-corrected chi connectivity index (χ4v) is 3.39. The van der Waals surface area contributed by atoms with Gasteiger partial charge in [0.2, 0.25) is 5.95 Å². The number of aldehydes is 1. The maximum atomic E-state index is 11.4. The molecular weight excluding hydrogens is 387 g/mol.